The van der Waals surface area contributed by atoms with Crippen LogP contribution in [0.3, 0.4) is 0 Å². The number of rotatable bonds is 3. The van der Waals surface area contributed by atoms with E-state index in [1.807, 2.05) is 0 Å². The van der Waals surface area contributed by atoms with Crippen LogP contribution in [0.15, 0.2) is 0 Å². The molecule has 1 heterocycles. The largest absolute Gasteiger partial charge is 0.339 e. The minimum atomic E-state index is -2.96. The number of sulfone groups is 1. The Balaban J connectivity index is 0. The molecule has 5 nitrogen and oxygen atoms in total. The molecule has 0 aromatic rings. The number of carbonyl (C=O) groups is 1. The summed E-state index contributed by atoms with van der Waals surface area (Å²) in [6, 6.07) is 0. The van der Waals surface area contributed by atoms with Crippen molar-refractivity contribution in [3.8, 4) is 0 Å². The van der Waals surface area contributed by atoms with Crippen LogP contribution in [0.25, 0.3) is 0 Å². The summed E-state index contributed by atoms with van der Waals surface area (Å²) in [6.07, 6.45) is 1.18. The maximum absolute atomic E-state index is 11.2. The SMILES string of the molecule is CS(=O)(=O)CCN1CCNCC1=O.Cl.Cl. The molecule has 15 heavy (non-hydrogen) atoms. The summed E-state index contributed by atoms with van der Waals surface area (Å²) in [5.74, 6) is 0.0357. The molecule has 92 valence electrons. The van der Waals surface area contributed by atoms with E-state index in [0.717, 1.165) is 6.54 Å². The molecule has 8 heteroatoms. The molecule has 0 saturated carbocycles. The van der Waals surface area contributed by atoms with Crippen LogP contribution in [0.2, 0.25) is 0 Å². The van der Waals surface area contributed by atoms with Gasteiger partial charge in [0, 0.05) is 25.9 Å². The zero-order valence-corrected chi connectivity index (χ0v) is 10.9. The van der Waals surface area contributed by atoms with E-state index in [9.17, 15) is 13.2 Å². The van der Waals surface area contributed by atoms with E-state index in [-0.39, 0.29) is 36.5 Å². The second-order valence-corrected chi connectivity index (χ2v) is 5.45. The van der Waals surface area contributed by atoms with Crippen LogP contribution < -0.4 is 5.32 Å². The average Bonchev–Trinajstić information content (AvgIpc) is 2.01. The summed E-state index contributed by atoms with van der Waals surface area (Å²) in [5.41, 5.74) is 0. The van der Waals surface area contributed by atoms with Crippen molar-refractivity contribution in [2.75, 3.05) is 38.2 Å². The molecule has 1 aliphatic rings. The van der Waals surface area contributed by atoms with Crippen molar-refractivity contribution in [2.24, 2.45) is 0 Å². The predicted molar refractivity (Wildman–Crippen MR) is 63.7 cm³/mol. The second kappa shape index (κ2) is 7.27. The van der Waals surface area contributed by atoms with Crippen molar-refractivity contribution in [3.05, 3.63) is 0 Å². The lowest BCUT2D eigenvalue weighted by Gasteiger charge is -2.26. The van der Waals surface area contributed by atoms with E-state index >= 15 is 0 Å². The number of nitrogens with zero attached hydrogens (tertiary/aromatic N) is 1. The van der Waals surface area contributed by atoms with Crippen molar-refractivity contribution in [3.63, 3.8) is 0 Å². The topological polar surface area (TPSA) is 66.5 Å². The monoisotopic (exact) mass is 278 g/mol. The number of carbonyl (C=O) groups excluding carboxylic acids is 1. The van der Waals surface area contributed by atoms with Gasteiger partial charge in [0.25, 0.3) is 0 Å². The molecule has 0 radical (unpaired) electrons. The first-order valence-electron chi connectivity index (χ1n) is 4.15. The van der Waals surface area contributed by atoms with Gasteiger partial charge in [-0.3, -0.25) is 4.79 Å². The van der Waals surface area contributed by atoms with Crippen molar-refractivity contribution in [1.29, 1.82) is 0 Å². The number of piperazine rings is 1. The van der Waals surface area contributed by atoms with E-state index in [1.54, 1.807) is 4.90 Å². The van der Waals surface area contributed by atoms with Crippen LogP contribution in [0, 0.1) is 0 Å². The fourth-order valence-electron chi connectivity index (χ4n) is 1.16. The van der Waals surface area contributed by atoms with Crippen molar-refractivity contribution < 1.29 is 13.2 Å². The summed E-state index contributed by atoms with van der Waals surface area (Å²) >= 11 is 0. The van der Waals surface area contributed by atoms with Gasteiger partial charge in [-0.1, -0.05) is 0 Å². The van der Waals surface area contributed by atoms with Gasteiger partial charge < -0.3 is 10.2 Å². The molecule has 0 unspecified atom stereocenters. The fraction of sp³-hybridized carbons (Fsp3) is 0.857. The lowest BCUT2D eigenvalue weighted by Crippen LogP contribution is -2.49. The number of hydrogen-bond acceptors (Lipinski definition) is 4. The normalized spacial score (nSPS) is 16.6. The molecule has 1 rings (SSSR count). The summed E-state index contributed by atoms with van der Waals surface area (Å²) in [5, 5.41) is 2.92. The van der Waals surface area contributed by atoms with Crippen molar-refractivity contribution in [1.82, 2.24) is 10.2 Å². The first kappa shape index (κ1) is 17.4. The van der Waals surface area contributed by atoms with Gasteiger partial charge >= 0.3 is 0 Å². The highest BCUT2D eigenvalue weighted by molar-refractivity contribution is 7.90. The van der Waals surface area contributed by atoms with Gasteiger partial charge in [-0.15, -0.1) is 24.8 Å². The molecule has 1 N–H and O–H groups in total. The smallest absolute Gasteiger partial charge is 0.236 e. The summed E-state index contributed by atoms with van der Waals surface area (Å²) in [6.45, 7) is 1.99. The van der Waals surface area contributed by atoms with E-state index in [1.165, 1.54) is 6.26 Å². The van der Waals surface area contributed by atoms with Crippen LogP contribution in [0.4, 0.5) is 0 Å². The van der Waals surface area contributed by atoms with Crippen LogP contribution in [0.5, 0.6) is 0 Å². The van der Waals surface area contributed by atoms with Gasteiger partial charge in [0.1, 0.15) is 9.84 Å². The predicted octanol–water partition coefficient (Wildman–Crippen LogP) is -0.694. The Morgan fingerprint density at radius 2 is 2.00 bits per heavy atom. The minimum Gasteiger partial charge on any atom is -0.339 e. The molecule has 0 aliphatic carbocycles. The second-order valence-electron chi connectivity index (χ2n) is 3.19. The molecule has 0 bridgehead atoms. The molecule has 1 aliphatic heterocycles. The highest BCUT2D eigenvalue weighted by Gasteiger charge is 2.18. The molecule has 1 saturated heterocycles. The number of hydrogen-bond donors (Lipinski definition) is 1. The van der Waals surface area contributed by atoms with Crippen LogP contribution in [0.1, 0.15) is 0 Å². The fourth-order valence-corrected chi connectivity index (χ4v) is 1.71. The lowest BCUT2D eigenvalue weighted by atomic mass is 10.3. The molecule has 0 aromatic carbocycles. The third-order valence-electron chi connectivity index (χ3n) is 1.92. The summed E-state index contributed by atoms with van der Waals surface area (Å²) in [4.78, 5) is 12.8. The first-order chi connectivity index (χ1) is 5.99. The molecule has 0 spiro atoms. The van der Waals surface area contributed by atoms with Crippen LogP contribution in [-0.4, -0.2) is 57.4 Å². The standard InChI is InChI=1S/C7H14N2O3S.2ClH/c1-13(11,12)5-4-9-3-2-8-6-7(9)10;;/h8H,2-6H2,1H3;2*1H. The van der Waals surface area contributed by atoms with Crippen molar-refractivity contribution >= 4 is 40.6 Å². The lowest BCUT2D eigenvalue weighted by molar-refractivity contribution is -0.131. The van der Waals surface area contributed by atoms with E-state index in [0.29, 0.717) is 19.6 Å². The third-order valence-corrected chi connectivity index (χ3v) is 2.84. The van der Waals surface area contributed by atoms with Gasteiger partial charge in [0.2, 0.25) is 5.91 Å². The quantitative estimate of drug-likeness (QED) is 0.742. The van der Waals surface area contributed by atoms with Gasteiger partial charge in [0.15, 0.2) is 0 Å². The van der Waals surface area contributed by atoms with Gasteiger partial charge in [-0.25, -0.2) is 8.42 Å². The zero-order valence-electron chi connectivity index (χ0n) is 8.43. The average molecular weight is 279 g/mol. The Morgan fingerprint density at radius 3 is 2.47 bits per heavy atom. The Labute approximate surface area is 102 Å². The number of halogens is 2. The zero-order chi connectivity index (χ0) is 9.90. The van der Waals surface area contributed by atoms with E-state index in [2.05, 4.69) is 5.32 Å². The van der Waals surface area contributed by atoms with Crippen LogP contribution in [-0.2, 0) is 14.6 Å². The molecular weight excluding hydrogens is 263 g/mol. The van der Waals surface area contributed by atoms with E-state index < -0.39 is 9.84 Å². The third kappa shape index (κ3) is 6.94. The molecule has 1 fully saturated rings. The molecule has 1 amide bonds. The van der Waals surface area contributed by atoms with Gasteiger partial charge in [0.05, 0.1) is 12.3 Å². The van der Waals surface area contributed by atoms with Crippen molar-refractivity contribution in [2.45, 2.75) is 0 Å². The Kier molecular flexibility index (Phi) is 8.41. The first-order valence-corrected chi connectivity index (χ1v) is 6.21. The van der Waals surface area contributed by atoms with E-state index in [4.69, 9.17) is 0 Å². The highest BCUT2D eigenvalue weighted by Crippen LogP contribution is 1.95. The maximum Gasteiger partial charge on any atom is 0.236 e. The summed E-state index contributed by atoms with van der Waals surface area (Å²) < 4.78 is 21.7. The van der Waals surface area contributed by atoms with Gasteiger partial charge in [-0.05, 0) is 0 Å². The molecular formula is C7H16Cl2N2O3S. The number of amides is 1. The Bertz CT molecular complexity index is 295. The van der Waals surface area contributed by atoms with Gasteiger partial charge in [-0.2, -0.15) is 0 Å². The minimum absolute atomic E-state index is 0. The molecule has 0 aromatic heterocycles. The van der Waals surface area contributed by atoms with Crippen LogP contribution >= 0.6 is 24.8 Å². The number of nitrogens with one attached hydrogen (secondary N) is 1. The summed E-state index contributed by atoms with van der Waals surface area (Å²) in [7, 11) is -2.96. The highest BCUT2D eigenvalue weighted by atomic mass is 35.5. The maximum atomic E-state index is 11.2. The molecule has 0 atom stereocenters. The Hall–Kier alpha value is -0.0400. The Morgan fingerprint density at radius 1 is 1.40 bits per heavy atom.